The van der Waals surface area contributed by atoms with E-state index in [2.05, 4.69) is 41.4 Å². The minimum Gasteiger partial charge on any atom is -0.368 e. The van der Waals surface area contributed by atoms with Gasteiger partial charge < -0.3 is 20.0 Å². The van der Waals surface area contributed by atoms with E-state index in [1.54, 1.807) is 0 Å². The van der Waals surface area contributed by atoms with E-state index in [1.807, 2.05) is 47.1 Å². The summed E-state index contributed by atoms with van der Waals surface area (Å²) < 4.78 is 0. The van der Waals surface area contributed by atoms with Gasteiger partial charge in [0, 0.05) is 44.8 Å². The first-order valence-electron chi connectivity index (χ1n) is 10.7. The summed E-state index contributed by atoms with van der Waals surface area (Å²) in [5, 5.41) is 3.09. The van der Waals surface area contributed by atoms with Crippen LogP contribution in [-0.2, 0) is 4.79 Å². The van der Waals surface area contributed by atoms with E-state index < -0.39 is 0 Å². The standard InChI is InChI=1S/C24H30N4O2/c1-18-7-6-10-22(15-18)26-11-13-27(14-12-26)24(30)25-21-16-23(29)28(17-21)19(2)20-8-4-3-5-9-20/h3-10,15,19,21H,11-14,16-17H2,1-2H3,(H,25,30). The van der Waals surface area contributed by atoms with Gasteiger partial charge in [-0.3, -0.25) is 4.79 Å². The first-order valence-corrected chi connectivity index (χ1v) is 10.7. The molecular weight excluding hydrogens is 376 g/mol. The molecule has 3 amide bonds. The summed E-state index contributed by atoms with van der Waals surface area (Å²) in [6.07, 6.45) is 0.367. The number of carbonyl (C=O) groups excluding carboxylic acids is 2. The number of rotatable bonds is 4. The predicted molar refractivity (Wildman–Crippen MR) is 118 cm³/mol. The Kier molecular flexibility index (Phi) is 5.93. The number of benzene rings is 2. The topological polar surface area (TPSA) is 55.9 Å². The highest BCUT2D eigenvalue weighted by Gasteiger charge is 2.35. The first kappa shape index (κ1) is 20.3. The van der Waals surface area contributed by atoms with Gasteiger partial charge in [-0.25, -0.2) is 4.79 Å². The number of carbonyl (C=O) groups is 2. The molecule has 0 bridgehead atoms. The number of urea groups is 1. The average Bonchev–Trinajstić information content (AvgIpc) is 3.13. The van der Waals surface area contributed by atoms with Gasteiger partial charge in [-0.15, -0.1) is 0 Å². The molecule has 6 nitrogen and oxygen atoms in total. The Balaban J connectivity index is 1.29. The highest BCUT2D eigenvalue weighted by molar-refractivity contribution is 5.82. The maximum atomic E-state index is 12.8. The van der Waals surface area contributed by atoms with E-state index in [9.17, 15) is 9.59 Å². The van der Waals surface area contributed by atoms with Gasteiger partial charge in [-0.05, 0) is 37.1 Å². The van der Waals surface area contributed by atoms with Crippen molar-refractivity contribution in [2.24, 2.45) is 0 Å². The fourth-order valence-electron chi connectivity index (χ4n) is 4.37. The normalized spacial score (nSPS) is 20.4. The van der Waals surface area contributed by atoms with E-state index in [4.69, 9.17) is 0 Å². The quantitative estimate of drug-likeness (QED) is 0.848. The van der Waals surface area contributed by atoms with Crippen LogP contribution in [0.4, 0.5) is 10.5 Å². The lowest BCUT2D eigenvalue weighted by molar-refractivity contribution is -0.129. The van der Waals surface area contributed by atoms with Crippen molar-refractivity contribution in [3.63, 3.8) is 0 Å². The lowest BCUT2D eigenvalue weighted by Crippen LogP contribution is -2.53. The van der Waals surface area contributed by atoms with Crippen LogP contribution in [-0.4, -0.2) is 60.5 Å². The van der Waals surface area contributed by atoms with Crippen molar-refractivity contribution in [2.75, 3.05) is 37.6 Å². The largest absolute Gasteiger partial charge is 0.368 e. The number of hydrogen-bond acceptors (Lipinski definition) is 3. The zero-order valence-electron chi connectivity index (χ0n) is 17.8. The van der Waals surface area contributed by atoms with Gasteiger partial charge in [-0.2, -0.15) is 0 Å². The van der Waals surface area contributed by atoms with Crippen LogP contribution < -0.4 is 10.2 Å². The molecule has 2 unspecified atom stereocenters. The minimum atomic E-state index is -0.133. The smallest absolute Gasteiger partial charge is 0.317 e. The third-order valence-corrected chi connectivity index (χ3v) is 6.17. The van der Waals surface area contributed by atoms with Crippen LogP contribution in [0.25, 0.3) is 0 Å². The second-order valence-corrected chi connectivity index (χ2v) is 8.30. The summed E-state index contributed by atoms with van der Waals surface area (Å²) >= 11 is 0. The summed E-state index contributed by atoms with van der Waals surface area (Å²) in [5.41, 5.74) is 3.57. The Hall–Kier alpha value is -3.02. The van der Waals surface area contributed by atoms with Crippen molar-refractivity contribution < 1.29 is 9.59 Å². The molecule has 6 heteroatoms. The van der Waals surface area contributed by atoms with Crippen LogP contribution in [0.5, 0.6) is 0 Å². The van der Waals surface area contributed by atoms with E-state index in [0.717, 1.165) is 18.7 Å². The van der Waals surface area contributed by atoms with Crippen LogP contribution in [0.3, 0.4) is 0 Å². The van der Waals surface area contributed by atoms with Crippen LogP contribution in [0.1, 0.15) is 30.5 Å². The molecule has 0 radical (unpaired) electrons. The average molecular weight is 407 g/mol. The summed E-state index contributed by atoms with van der Waals surface area (Å²) in [4.78, 5) is 31.4. The fraction of sp³-hybridized carbons (Fsp3) is 0.417. The molecule has 2 atom stereocenters. The minimum absolute atomic E-state index is 0.0125. The molecule has 2 aliphatic heterocycles. The van der Waals surface area contributed by atoms with Crippen LogP contribution in [0.15, 0.2) is 54.6 Å². The van der Waals surface area contributed by atoms with Crippen molar-refractivity contribution in [2.45, 2.75) is 32.4 Å². The van der Waals surface area contributed by atoms with E-state index in [1.165, 1.54) is 11.3 Å². The Morgan fingerprint density at radius 1 is 1.03 bits per heavy atom. The van der Waals surface area contributed by atoms with E-state index in [-0.39, 0.29) is 24.0 Å². The number of hydrogen-bond donors (Lipinski definition) is 1. The van der Waals surface area contributed by atoms with Crippen LogP contribution >= 0.6 is 0 Å². The van der Waals surface area contributed by atoms with Gasteiger partial charge in [-0.1, -0.05) is 42.5 Å². The summed E-state index contributed by atoms with van der Waals surface area (Å²) in [5.74, 6) is 0.0981. The molecule has 2 aliphatic rings. The molecule has 2 aromatic rings. The number of nitrogens with zero attached hydrogens (tertiary/aromatic N) is 3. The maximum absolute atomic E-state index is 12.8. The SMILES string of the molecule is Cc1cccc(N2CCN(C(=O)NC3CC(=O)N(C(C)c4ccccc4)C3)CC2)c1. The molecule has 0 aromatic heterocycles. The first-order chi connectivity index (χ1) is 14.5. The van der Waals surface area contributed by atoms with Gasteiger partial charge in [0.15, 0.2) is 0 Å². The van der Waals surface area contributed by atoms with Crippen molar-refractivity contribution in [3.8, 4) is 0 Å². The highest BCUT2D eigenvalue weighted by atomic mass is 16.2. The zero-order valence-corrected chi connectivity index (χ0v) is 17.8. The van der Waals surface area contributed by atoms with Gasteiger partial charge in [0.1, 0.15) is 0 Å². The summed E-state index contributed by atoms with van der Waals surface area (Å²) in [6, 6.07) is 18.3. The lowest BCUT2D eigenvalue weighted by atomic mass is 10.1. The van der Waals surface area contributed by atoms with Gasteiger partial charge in [0.05, 0.1) is 12.1 Å². The summed E-state index contributed by atoms with van der Waals surface area (Å²) in [7, 11) is 0. The van der Waals surface area contributed by atoms with Gasteiger partial charge in [0.2, 0.25) is 5.91 Å². The molecule has 0 spiro atoms. The molecule has 158 valence electrons. The Bertz CT molecular complexity index is 893. The third kappa shape index (κ3) is 4.42. The Labute approximate surface area is 178 Å². The predicted octanol–water partition coefficient (Wildman–Crippen LogP) is 3.19. The number of aryl methyl sites for hydroxylation is 1. The second-order valence-electron chi connectivity index (χ2n) is 8.30. The Morgan fingerprint density at radius 2 is 1.77 bits per heavy atom. The van der Waals surface area contributed by atoms with Crippen molar-refractivity contribution in [1.82, 2.24) is 15.1 Å². The fourth-order valence-corrected chi connectivity index (χ4v) is 4.37. The zero-order chi connectivity index (χ0) is 21.1. The molecule has 2 saturated heterocycles. The second kappa shape index (κ2) is 8.78. The molecule has 2 aromatic carbocycles. The molecule has 0 aliphatic carbocycles. The van der Waals surface area contributed by atoms with Gasteiger partial charge >= 0.3 is 6.03 Å². The molecule has 2 fully saturated rings. The molecule has 1 N–H and O–H groups in total. The molecule has 0 saturated carbocycles. The van der Waals surface area contributed by atoms with Crippen LogP contribution in [0, 0.1) is 6.92 Å². The number of nitrogens with one attached hydrogen (secondary N) is 1. The molecule has 4 rings (SSSR count). The summed E-state index contributed by atoms with van der Waals surface area (Å²) in [6.45, 7) is 7.70. The molecular formula is C24H30N4O2. The van der Waals surface area contributed by atoms with Gasteiger partial charge in [0.25, 0.3) is 0 Å². The van der Waals surface area contributed by atoms with E-state index in [0.29, 0.717) is 26.1 Å². The monoisotopic (exact) mass is 406 g/mol. The van der Waals surface area contributed by atoms with Crippen molar-refractivity contribution in [1.29, 1.82) is 0 Å². The number of piperazine rings is 1. The number of likely N-dealkylation sites (tertiary alicyclic amines) is 1. The van der Waals surface area contributed by atoms with Crippen molar-refractivity contribution in [3.05, 3.63) is 65.7 Å². The third-order valence-electron chi connectivity index (χ3n) is 6.17. The number of amides is 3. The van der Waals surface area contributed by atoms with Crippen molar-refractivity contribution >= 4 is 17.6 Å². The lowest BCUT2D eigenvalue weighted by Gasteiger charge is -2.36. The molecule has 2 heterocycles. The van der Waals surface area contributed by atoms with E-state index >= 15 is 0 Å². The highest BCUT2D eigenvalue weighted by Crippen LogP contribution is 2.25. The van der Waals surface area contributed by atoms with Crippen LogP contribution in [0.2, 0.25) is 0 Å². The number of anilines is 1. The maximum Gasteiger partial charge on any atom is 0.317 e. The Morgan fingerprint density at radius 3 is 2.47 bits per heavy atom. The molecule has 30 heavy (non-hydrogen) atoms.